The number of nitrogens with two attached hydrogens (primary N) is 1. The first-order valence-electron chi connectivity index (χ1n) is 3.91. The lowest BCUT2D eigenvalue weighted by atomic mass is 9.85. The van der Waals surface area contributed by atoms with Crippen molar-refractivity contribution >= 4 is 11.9 Å². The Morgan fingerprint density at radius 1 is 1.20 bits per heavy atom. The lowest BCUT2D eigenvalue weighted by molar-refractivity contribution is -0.151. The molecule has 0 aromatic rings. The number of carbonyl (C=O) groups is 2. The van der Waals surface area contributed by atoms with Gasteiger partial charge in [-0.2, -0.15) is 0 Å². The molecule has 6 N–H and O–H groups in total. The van der Waals surface area contributed by atoms with Crippen LogP contribution in [0.25, 0.3) is 0 Å². The number of aliphatic carboxylic acids is 2. The highest BCUT2D eigenvalue weighted by molar-refractivity contribution is 5.84. The van der Waals surface area contributed by atoms with Crippen LogP contribution in [0, 0.1) is 11.8 Å². The van der Waals surface area contributed by atoms with Crippen LogP contribution in [0.2, 0.25) is 0 Å². The number of carboxylic acid groups (broad SMARTS) is 2. The van der Waals surface area contributed by atoms with Crippen molar-refractivity contribution in [3.63, 3.8) is 0 Å². The van der Waals surface area contributed by atoms with Crippen LogP contribution in [0.5, 0.6) is 0 Å². The molecule has 0 heterocycles. The van der Waals surface area contributed by atoms with Gasteiger partial charge in [-0.25, -0.2) is 0 Å². The van der Waals surface area contributed by atoms with Gasteiger partial charge in [0.05, 0.1) is 5.92 Å². The van der Waals surface area contributed by atoms with Crippen molar-refractivity contribution in [2.24, 2.45) is 17.6 Å². The monoisotopic (exact) mass is 215 g/mol. The fourth-order valence-electron chi connectivity index (χ4n) is 1.31. The number of aliphatic hydroxyl groups is 2. The summed E-state index contributed by atoms with van der Waals surface area (Å²) in [5.74, 6) is -7.65. The standard InChI is InChI=1S/C8H9NO6/c9-5-3(10)1-2(7(12)13)4(6(5)11)8(14)15/h1-2,4,10-11H,9H2,(H,12,13)(H,14,15). The maximum absolute atomic E-state index is 10.7. The SMILES string of the molecule is NC1=C(O)C(C(=O)O)C(C(=O)O)C=C1O. The summed E-state index contributed by atoms with van der Waals surface area (Å²) in [5, 5.41) is 35.8. The van der Waals surface area contributed by atoms with Crippen molar-refractivity contribution < 1.29 is 30.0 Å². The summed E-state index contributed by atoms with van der Waals surface area (Å²) >= 11 is 0. The van der Waals surface area contributed by atoms with E-state index < -0.39 is 41.0 Å². The summed E-state index contributed by atoms with van der Waals surface area (Å²) < 4.78 is 0. The fraction of sp³-hybridized carbons (Fsp3) is 0.250. The van der Waals surface area contributed by atoms with E-state index in [1.54, 1.807) is 0 Å². The predicted molar refractivity (Wildman–Crippen MR) is 46.8 cm³/mol. The third-order valence-corrected chi connectivity index (χ3v) is 2.09. The minimum Gasteiger partial charge on any atom is -0.509 e. The van der Waals surface area contributed by atoms with E-state index in [0.29, 0.717) is 0 Å². The molecule has 0 spiro atoms. The minimum atomic E-state index is -1.67. The van der Waals surface area contributed by atoms with Gasteiger partial charge in [-0.05, 0) is 6.08 Å². The lowest BCUT2D eigenvalue weighted by Gasteiger charge is -2.22. The fourth-order valence-corrected chi connectivity index (χ4v) is 1.31. The quantitative estimate of drug-likeness (QED) is 0.420. The second kappa shape index (κ2) is 3.52. The molecule has 1 rings (SSSR count). The Kier molecular flexibility index (Phi) is 2.56. The van der Waals surface area contributed by atoms with Crippen molar-refractivity contribution in [2.45, 2.75) is 0 Å². The molecule has 0 amide bonds. The Morgan fingerprint density at radius 3 is 2.13 bits per heavy atom. The molecule has 1 aliphatic carbocycles. The molecule has 7 heteroatoms. The van der Waals surface area contributed by atoms with E-state index in [4.69, 9.17) is 21.1 Å². The van der Waals surface area contributed by atoms with Crippen LogP contribution in [-0.2, 0) is 9.59 Å². The summed E-state index contributed by atoms with van der Waals surface area (Å²) in [6, 6.07) is 0. The maximum atomic E-state index is 10.7. The van der Waals surface area contributed by atoms with Crippen molar-refractivity contribution in [2.75, 3.05) is 0 Å². The molecule has 2 atom stereocenters. The highest BCUT2D eigenvalue weighted by Gasteiger charge is 2.40. The number of rotatable bonds is 2. The zero-order valence-corrected chi connectivity index (χ0v) is 7.41. The lowest BCUT2D eigenvalue weighted by Crippen LogP contribution is -2.35. The third-order valence-electron chi connectivity index (χ3n) is 2.09. The molecule has 0 radical (unpaired) electrons. The van der Waals surface area contributed by atoms with Crippen LogP contribution in [0.15, 0.2) is 23.3 Å². The van der Waals surface area contributed by atoms with Gasteiger partial charge in [0.2, 0.25) is 0 Å². The molecule has 7 nitrogen and oxygen atoms in total. The Morgan fingerprint density at radius 2 is 1.73 bits per heavy atom. The molecular weight excluding hydrogens is 206 g/mol. The molecule has 1 aliphatic rings. The van der Waals surface area contributed by atoms with Gasteiger partial charge >= 0.3 is 11.9 Å². The van der Waals surface area contributed by atoms with Crippen LogP contribution >= 0.6 is 0 Å². The molecule has 0 aromatic heterocycles. The van der Waals surface area contributed by atoms with Gasteiger partial charge in [0.25, 0.3) is 0 Å². The second-order valence-electron chi connectivity index (χ2n) is 3.03. The molecule has 0 aliphatic heterocycles. The summed E-state index contributed by atoms with van der Waals surface area (Å²) in [7, 11) is 0. The van der Waals surface area contributed by atoms with E-state index in [1.807, 2.05) is 0 Å². The van der Waals surface area contributed by atoms with Crippen LogP contribution in [0.3, 0.4) is 0 Å². The van der Waals surface area contributed by atoms with Gasteiger partial charge in [-0.3, -0.25) is 9.59 Å². The summed E-state index contributed by atoms with van der Waals surface area (Å²) in [6.45, 7) is 0. The van der Waals surface area contributed by atoms with E-state index in [2.05, 4.69) is 0 Å². The topological polar surface area (TPSA) is 141 Å². The zero-order valence-electron chi connectivity index (χ0n) is 7.41. The Labute approximate surface area is 83.7 Å². The number of aliphatic hydroxyl groups excluding tert-OH is 2. The number of hydrogen-bond donors (Lipinski definition) is 5. The van der Waals surface area contributed by atoms with Gasteiger partial charge in [-0.15, -0.1) is 0 Å². The van der Waals surface area contributed by atoms with E-state index in [0.717, 1.165) is 6.08 Å². The highest BCUT2D eigenvalue weighted by Crippen LogP contribution is 2.30. The Balaban J connectivity index is 3.23. The van der Waals surface area contributed by atoms with Gasteiger partial charge in [0.1, 0.15) is 23.1 Å². The van der Waals surface area contributed by atoms with Crippen LogP contribution in [-0.4, -0.2) is 32.4 Å². The van der Waals surface area contributed by atoms with Gasteiger partial charge < -0.3 is 26.2 Å². The average molecular weight is 215 g/mol. The maximum Gasteiger partial charge on any atom is 0.315 e. The first-order valence-corrected chi connectivity index (χ1v) is 3.91. The molecular formula is C8H9NO6. The smallest absolute Gasteiger partial charge is 0.315 e. The van der Waals surface area contributed by atoms with E-state index in [9.17, 15) is 14.7 Å². The summed E-state index contributed by atoms with van der Waals surface area (Å²) in [4.78, 5) is 21.4. The van der Waals surface area contributed by atoms with Crippen molar-refractivity contribution in [1.29, 1.82) is 0 Å². The molecule has 0 fully saturated rings. The van der Waals surface area contributed by atoms with E-state index in [-0.39, 0.29) is 0 Å². The second-order valence-corrected chi connectivity index (χ2v) is 3.03. The molecule has 2 unspecified atom stereocenters. The average Bonchev–Trinajstić information content (AvgIpc) is 2.12. The summed E-state index contributed by atoms with van der Waals surface area (Å²) in [5.41, 5.74) is 4.65. The molecule has 0 aromatic carbocycles. The van der Waals surface area contributed by atoms with Gasteiger partial charge in [-0.1, -0.05) is 0 Å². The van der Waals surface area contributed by atoms with Crippen molar-refractivity contribution in [3.05, 3.63) is 23.3 Å². The molecule has 0 saturated carbocycles. The van der Waals surface area contributed by atoms with E-state index in [1.165, 1.54) is 0 Å². The highest BCUT2D eigenvalue weighted by atomic mass is 16.4. The van der Waals surface area contributed by atoms with Gasteiger partial charge in [0, 0.05) is 0 Å². The largest absolute Gasteiger partial charge is 0.509 e. The van der Waals surface area contributed by atoms with Crippen LogP contribution in [0.4, 0.5) is 0 Å². The molecule has 82 valence electrons. The Bertz CT molecular complexity index is 383. The van der Waals surface area contributed by atoms with Gasteiger partial charge in [0.15, 0.2) is 0 Å². The summed E-state index contributed by atoms with van der Waals surface area (Å²) in [6.07, 6.45) is 0.788. The normalized spacial score (nSPS) is 26.0. The van der Waals surface area contributed by atoms with Crippen molar-refractivity contribution in [1.82, 2.24) is 0 Å². The van der Waals surface area contributed by atoms with E-state index >= 15 is 0 Å². The first-order chi connectivity index (χ1) is 6.86. The van der Waals surface area contributed by atoms with Crippen LogP contribution in [0.1, 0.15) is 0 Å². The molecule has 15 heavy (non-hydrogen) atoms. The van der Waals surface area contributed by atoms with Crippen molar-refractivity contribution in [3.8, 4) is 0 Å². The third kappa shape index (κ3) is 1.71. The first kappa shape index (κ1) is 10.9. The van der Waals surface area contributed by atoms with Crippen LogP contribution < -0.4 is 5.73 Å². The number of hydrogen-bond acceptors (Lipinski definition) is 5. The molecule has 0 bridgehead atoms. The zero-order chi connectivity index (χ0) is 11.7. The molecule has 0 saturated heterocycles. The predicted octanol–water partition coefficient (Wildman–Crippen LogP) is -0.428. The Hall–Kier alpha value is -2.18. The number of carboxylic acids is 2. The minimum absolute atomic E-state index is 0.514.